The molecule has 3 saturated carbocycles. The van der Waals surface area contributed by atoms with Crippen molar-refractivity contribution in [1.29, 1.82) is 0 Å². The lowest BCUT2D eigenvalue weighted by Gasteiger charge is -2.26. The lowest BCUT2D eigenvalue weighted by atomic mass is 9.84. The first-order chi connectivity index (χ1) is 22.0. The molecule has 0 spiro atoms. The number of hydrogen-bond donors (Lipinski definition) is 1. The van der Waals surface area contributed by atoms with Gasteiger partial charge in [-0.2, -0.15) is 0 Å². The number of methoxy groups -OCH3 is 1. The monoisotopic (exact) mass is 653 g/mol. The number of ether oxygens (including phenoxy) is 3. The van der Waals surface area contributed by atoms with E-state index in [2.05, 4.69) is 9.71 Å². The van der Waals surface area contributed by atoms with Crippen LogP contribution in [0.25, 0.3) is 10.9 Å². The Morgan fingerprint density at radius 1 is 1.13 bits per heavy atom. The summed E-state index contributed by atoms with van der Waals surface area (Å²) in [6, 6.07) is 7.21. The Kier molecular flexibility index (Phi) is 9.02. The number of benzene rings is 1. The van der Waals surface area contributed by atoms with Crippen molar-refractivity contribution in [2.75, 3.05) is 27.3 Å². The minimum absolute atomic E-state index is 0.112. The van der Waals surface area contributed by atoms with Gasteiger partial charge in [0.05, 0.1) is 35.8 Å². The summed E-state index contributed by atoms with van der Waals surface area (Å²) >= 11 is 0. The van der Waals surface area contributed by atoms with Crippen LogP contribution >= 0.6 is 0 Å². The molecule has 3 aliphatic carbocycles. The summed E-state index contributed by atoms with van der Waals surface area (Å²) in [4.78, 5) is 47.9. The number of nitrogens with zero attached hydrogens (tertiary/aromatic N) is 2. The summed E-state index contributed by atoms with van der Waals surface area (Å²) in [5, 5.41) is 0.200. The van der Waals surface area contributed by atoms with E-state index in [1.54, 1.807) is 31.2 Å². The van der Waals surface area contributed by atoms with Gasteiger partial charge < -0.3 is 19.1 Å². The number of sulfonamides is 1. The van der Waals surface area contributed by atoms with Crippen LogP contribution in [0.5, 0.6) is 17.4 Å². The van der Waals surface area contributed by atoms with Crippen molar-refractivity contribution < 1.29 is 37.0 Å². The van der Waals surface area contributed by atoms with E-state index in [-0.39, 0.29) is 24.0 Å². The maximum atomic E-state index is 14.2. The number of pyridine rings is 1. The molecule has 2 aromatic rings. The molecule has 12 heteroatoms. The van der Waals surface area contributed by atoms with Gasteiger partial charge in [0.25, 0.3) is 0 Å². The molecular formula is C34H43N3O8S. The lowest BCUT2D eigenvalue weighted by molar-refractivity contribution is -0.140. The number of amides is 2. The van der Waals surface area contributed by atoms with Crippen LogP contribution < -0.4 is 18.9 Å². The summed E-state index contributed by atoms with van der Waals surface area (Å²) in [5.41, 5.74) is -0.504. The average Bonchev–Trinajstić information content (AvgIpc) is 3.95. The third-order valence-corrected chi connectivity index (χ3v) is 11.7. The molecular weight excluding hydrogens is 610 g/mol. The van der Waals surface area contributed by atoms with Crippen molar-refractivity contribution in [3.05, 3.63) is 36.4 Å². The number of nitrogens with one attached hydrogen (secondary N) is 1. The van der Waals surface area contributed by atoms with Crippen molar-refractivity contribution in [2.24, 2.45) is 23.2 Å². The van der Waals surface area contributed by atoms with Gasteiger partial charge in [-0.1, -0.05) is 12.2 Å². The highest BCUT2D eigenvalue weighted by molar-refractivity contribution is 7.90. The van der Waals surface area contributed by atoms with Gasteiger partial charge in [0, 0.05) is 43.5 Å². The van der Waals surface area contributed by atoms with Crippen molar-refractivity contribution >= 4 is 38.5 Å². The number of aromatic nitrogens is 1. The molecule has 0 radical (unpaired) electrons. The molecule has 11 nitrogen and oxygen atoms in total. The fourth-order valence-electron chi connectivity index (χ4n) is 7.03. The van der Waals surface area contributed by atoms with Gasteiger partial charge in [-0.3, -0.25) is 19.1 Å². The zero-order valence-corrected chi connectivity index (χ0v) is 27.5. The van der Waals surface area contributed by atoms with Crippen LogP contribution in [-0.4, -0.2) is 74.6 Å². The number of ketones is 1. The molecule has 248 valence electrons. The Labute approximate surface area is 270 Å². The van der Waals surface area contributed by atoms with E-state index >= 15 is 0 Å². The Bertz CT molecular complexity index is 1650. The Balaban J connectivity index is 1.29. The average molecular weight is 654 g/mol. The molecule has 46 heavy (non-hydrogen) atoms. The Hall–Kier alpha value is -3.67. The molecule has 1 N–H and O–H groups in total. The Morgan fingerprint density at radius 3 is 2.65 bits per heavy atom. The topological polar surface area (TPSA) is 141 Å². The highest BCUT2D eigenvalue weighted by Crippen LogP contribution is 2.58. The van der Waals surface area contributed by atoms with Crippen LogP contribution in [0.15, 0.2) is 36.4 Å². The first-order valence-electron chi connectivity index (χ1n) is 16.3. The van der Waals surface area contributed by atoms with Crippen molar-refractivity contribution in [1.82, 2.24) is 14.6 Å². The minimum Gasteiger partial charge on any atom is -0.497 e. The van der Waals surface area contributed by atoms with Crippen LogP contribution in [0.2, 0.25) is 0 Å². The summed E-state index contributed by atoms with van der Waals surface area (Å²) in [6.45, 7) is 2.87. The third kappa shape index (κ3) is 6.59. The van der Waals surface area contributed by atoms with E-state index in [1.165, 1.54) is 0 Å². The van der Waals surface area contributed by atoms with E-state index in [0.717, 1.165) is 24.6 Å². The third-order valence-electron chi connectivity index (χ3n) is 9.92. The molecule has 0 bridgehead atoms. The molecule has 3 fully saturated rings. The molecule has 6 rings (SSSR count). The molecule has 1 aromatic heterocycles. The molecule has 2 amide bonds. The second kappa shape index (κ2) is 12.8. The number of fused-ring (bicyclic) bond motifs is 3. The zero-order chi connectivity index (χ0) is 32.6. The zero-order valence-electron chi connectivity index (χ0n) is 26.7. The van der Waals surface area contributed by atoms with Gasteiger partial charge in [-0.15, -0.1) is 0 Å². The number of rotatable bonds is 8. The summed E-state index contributed by atoms with van der Waals surface area (Å²) in [5.74, 6) is -0.872. The highest BCUT2D eigenvalue weighted by Gasteiger charge is 2.61. The van der Waals surface area contributed by atoms with E-state index < -0.39 is 44.5 Å². The second-order valence-electron chi connectivity index (χ2n) is 13.2. The van der Waals surface area contributed by atoms with Crippen LogP contribution in [0.1, 0.15) is 64.7 Å². The van der Waals surface area contributed by atoms with Crippen LogP contribution in [0.4, 0.5) is 0 Å². The quantitative estimate of drug-likeness (QED) is 0.415. The fraction of sp³-hybridized carbons (Fsp3) is 0.588. The normalized spacial score (nSPS) is 29.3. The van der Waals surface area contributed by atoms with Gasteiger partial charge in [-0.25, -0.2) is 13.4 Å². The van der Waals surface area contributed by atoms with E-state index in [9.17, 15) is 22.8 Å². The highest BCUT2D eigenvalue weighted by atomic mass is 32.2. The predicted molar refractivity (Wildman–Crippen MR) is 171 cm³/mol. The number of carbonyl (C=O) groups is 3. The van der Waals surface area contributed by atoms with Gasteiger partial charge in [0.1, 0.15) is 23.4 Å². The van der Waals surface area contributed by atoms with E-state index in [4.69, 9.17) is 14.2 Å². The number of allylic oxidation sites excluding steroid dienone is 2. The van der Waals surface area contributed by atoms with Crippen molar-refractivity contribution in [3.8, 4) is 17.4 Å². The molecule has 0 unspecified atom stereocenters. The first kappa shape index (κ1) is 32.3. The molecule has 0 saturated heterocycles. The lowest BCUT2D eigenvalue weighted by Crippen LogP contribution is -2.42. The maximum absolute atomic E-state index is 14.2. The standard InChI is InChI=1S/C34H43N3O8S/c1-4-44-31-18-30(25-13-10-22(43-3)17-28(25)35-31)45-23-15-26-27(16-23)32(39)37(2)14-8-6-5-7-9-21-19-34(21,20-29(26)38)33(40)36-46(41,42)24-11-12-24/h7,9-10,13,17-18,21,23-24,26-27H,4-6,8,11-12,14-16,19-20H2,1-3H3,(H,36,40)/b9-7-/t21-,23-,26-,27-,34-/m1/s1. The van der Waals surface area contributed by atoms with Gasteiger partial charge in [0.2, 0.25) is 27.7 Å². The second-order valence-corrected chi connectivity index (χ2v) is 15.1. The van der Waals surface area contributed by atoms with E-state index in [0.29, 0.717) is 68.2 Å². The molecule has 1 aromatic carbocycles. The summed E-state index contributed by atoms with van der Waals surface area (Å²) in [6.07, 6.45) is 7.96. The number of Topliss-reactive ketones (excluding diaryl/α,β-unsaturated/α-hetero) is 1. The number of carbonyl (C=O) groups excluding carboxylic acids is 3. The van der Waals surface area contributed by atoms with Crippen LogP contribution in [0, 0.1) is 23.2 Å². The maximum Gasteiger partial charge on any atom is 0.240 e. The van der Waals surface area contributed by atoms with Crippen molar-refractivity contribution in [2.45, 2.75) is 76.1 Å². The Morgan fingerprint density at radius 2 is 1.91 bits per heavy atom. The molecule has 5 atom stereocenters. The van der Waals surface area contributed by atoms with Crippen LogP contribution in [-0.2, 0) is 24.4 Å². The summed E-state index contributed by atoms with van der Waals surface area (Å²) in [7, 11) is -0.419. The minimum atomic E-state index is -3.77. The molecule has 2 heterocycles. The van der Waals surface area contributed by atoms with Gasteiger partial charge in [-0.05, 0) is 76.3 Å². The smallest absolute Gasteiger partial charge is 0.240 e. The SMILES string of the molecule is CCOc1cc(O[C@@H]2C[C@H]3C(=O)C[C@]4(C(=O)NS(=O)(=O)C5CC5)C[C@H]4/C=C\CCCCN(C)C(=O)[C@@H]3C2)c2ccc(OC)cc2n1. The fourth-order valence-corrected chi connectivity index (χ4v) is 8.41. The summed E-state index contributed by atoms with van der Waals surface area (Å²) < 4.78 is 45.4. The first-order valence-corrected chi connectivity index (χ1v) is 17.9. The molecule has 4 aliphatic rings. The van der Waals surface area contributed by atoms with E-state index in [1.807, 2.05) is 31.2 Å². The largest absolute Gasteiger partial charge is 0.497 e. The molecule has 1 aliphatic heterocycles. The van der Waals surface area contributed by atoms with Gasteiger partial charge in [0.15, 0.2) is 0 Å². The van der Waals surface area contributed by atoms with Crippen molar-refractivity contribution in [3.63, 3.8) is 0 Å². The number of hydrogen-bond acceptors (Lipinski definition) is 9. The van der Waals surface area contributed by atoms with Gasteiger partial charge >= 0.3 is 0 Å². The van der Waals surface area contributed by atoms with Crippen LogP contribution in [0.3, 0.4) is 0 Å². The predicted octanol–water partition coefficient (Wildman–Crippen LogP) is 4.19.